The minimum absolute atomic E-state index is 0.118. The number of likely N-dealkylation sites (tertiary alicyclic amines) is 1. The van der Waals surface area contributed by atoms with Gasteiger partial charge < -0.3 is 9.80 Å². The molecule has 0 atom stereocenters. The van der Waals surface area contributed by atoms with Crippen molar-refractivity contribution >= 4 is 5.91 Å². The van der Waals surface area contributed by atoms with E-state index >= 15 is 0 Å². The van der Waals surface area contributed by atoms with Gasteiger partial charge in [0, 0.05) is 24.3 Å². The van der Waals surface area contributed by atoms with Crippen molar-refractivity contribution in [1.82, 2.24) is 19.6 Å². The van der Waals surface area contributed by atoms with Gasteiger partial charge in [0.25, 0.3) is 5.91 Å². The van der Waals surface area contributed by atoms with Crippen LogP contribution < -0.4 is 0 Å². The van der Waals surface area contributed by atoms with E-state index < -0.39 is 0 Å². The fourth-order valence-electron chi connectivity index (χ4n) is 3.51. The first-order valence-corrected chi connectivity index (χ1v) is 9.00. The molecule has 2 aromatic rings. The highest BCUT2D eigenvalue weighted by Crippen LogP contribution is 2.17. The van der Waals surface area contributed by atoms with Crippen molar-refractivity contribution in [2.75, 3.05) is 27.2 Å². The van der Waals surface area contributed by atoms with E-state index in [-0.39, 0.29) is 5.91 Å². The largest absolute Gasteiger partial charge is 0.339 e. The summed E-state index contributed by atoms with van der Waals surface area (Å²) < 4.78 is 2.00. The molecule has 0 saturated carbocycles. The second-order valence-electron chi connectivity index (χ2n) is 7.23. The molecule has 2 heterocycles. The SMILES string of the molecule is Cc1cc(C)n(Cc2ccc(C(=O)N(C)C3CCN(C)CC3)cc2)n1. The number of aromatic nitrogens is 2. The molecule has 0 aliphatic carbocycles. The predicted molar refractivity (Wildman–Crippen MR) is 99.9 cm³/mol. The molecule has 1 aliphatic rings. The van der Waals surface area contributed by atoms with Crippen LogP contribution in [0.5, 0.6) is 0 Å². The number of carbonyl (C=O) groups excluding carboxylic acids is 1. The molecule has 0 N–H and O–H groups in total. The zero-order valence-corrected chi connectivity index (χ0v) is 15.7. The van der Waals surface area contributed by atoms with Crippen LogP contribution in [0.15, 0.2) is 30.3 Å². The Kier molecular flexibility index (Phi) is 5.23. The summed E-state index contributed by atoms with van der Waals surface area (Å²) in [5, 5.41) is 4.50. The summed E-state index contributed by atoms with van der Waals surface area (Å²) in [6, 6.07) is 10.4. The second-order valence-corrected chi connectivity index (χ2v) is 7.23. The minimum atomic E-state index is 0.118. The van der Waals surface area contributed by atoms with Crippen molar-refractivity contribution in [3.63, 3.8) is 0 Å². The fourth-order valence-corrected chi connectivity index (χ4v) is 3.51. The van der Waals surface area contributed by atoms with E-state index in [1.165, 1.54) is 0 Å². The molecule has 25 heavy (non-hydrogen) atoms. The summed E-state index contributed by atoms with van der Waals surface area (Å²) in [6.45, 7) is 6.92. The van der Waals surface area contributed by atoms with Gasteiger partial charge in [-0.15, -0.1) is 0 Å². The van der Waals surface area contributed by atoms with Crippen molar-refractivity contribution in [2.24, 2.45) is 0 Å². The molecule has 134 valence electrons. The third-order valence-corrected chi connectivity index (χ3v) is 5.19. The topological polar surface area (TPSA) is 41.4 Å². The average Bonchev–Trinajstić information content (AvgIpc) is 2.92. The summed E-state index contributed by atoms with van der Waals surface area (Å²) in [7, 11) is 4.07. The predicted octanol–water partition coefficient (Wildman–Crippen LogP) is 2.71. The van der Waals surface area contributed by atoms with E-state index in [0.717, 1.165) is 55.0 Å². The molecular formula is C20H28N4O. The van der Waals surface area contributed by atoms with Crippen molar-refractivity contribution in [3.05, 3.63) is 52.8 Å². The zero-order chi connectivity index (χ0) is 18.0. The lowest BCUT2D eigenvalue weighted by molar-refractivity contribution is 0.0659. The summed E-state index contributed by atoms with van der Waals surface area (Å²) in [5.41, 5.74) is 4.10. The maximum atomic E-state index is 12.7. The van der Waals surface area contributed by atoms with Gasteiger partial charge in [0.2, 0.25) is 0 Å². The monoisotopic (exact) mass is 340 g/mol. The molecule has 0 radical (unpaired) electrons. The standard InChI is InChI=1S/C20H28N4O/c1-15-13-16(2)24(21-15)14-17-5-7-18(8-6-17)20(25)23(4)19-9-11-22(3)12-10-19/h5-8,13,19H,9-12,14H2,1-4H3. The number of rotatable bonds is 4. The van der Waals surface area contributed by atoms with Crippen LogP contribution in [0.1, 0.15) is 40.2 Å². The molecule has 5 nitrogen and oxygen atoms in total. The molecule has 1 aliphatic heterocycles. The maximum absolute atomic E-state index is 12.7. The Morgan fingerprint density at radius 1 is 1.20 bits per heavy atom. The van der Waals surface area contributed by atoms with Crippen LogP contribution in [-0.2, 0) is 6.54 Å². The van der Waals surface area contributed by atoms with Gasteiger partial charge in [-0.1, -0.05) is 12.1 Å². The minimum Gasteiger partial charge on any atom is -0.339 e. The van der Waals surface area contributed by atoms with Crippen LogP contribution >= 0.6 is 0 Å². The highest BCUT2D eigenvalue weighted by molar-refractivity contribution is 5.94. The summed E-state index contributed by atoms with van der Waals surface area (Å²) in [6.07, 6.45) is 2.10. The van der Waals surface area contributed by atoms with Gasteiger partial charge in [-0.3, -0.25) is 9.48 Å². The Labute approximate surface area is 150 Å². The molecule has 0 spiro atoms. The number of nitrogens with zero attached hydrogens (tertiary/aromatic N) is 4. The summed E-state index contributed by atoms with van der Waals surface area (Å²) in [5.74, 6) is 0.118. The number of amides is 1. The van der Waals surface area contributed by atoms with E-state index in [2.05, 4.69) is 30.0 Å². The summed E-state index contributed by atoms with van der Waals surface area (Å²) in [4.78, 5) is 17.0. The zero-order valence-electron chi connectivity index (χ0n) is 15.7. The van der Waals surface area contributed by atoms with E-state index in [1.54, 1.807) is 0 Å². The van der Waals surface area contributed by atoms with Crippen molar-refractivity contribution < 1.29 is 4.79 Å². The number of aryl methyl sites for hydroxylation is 2. The Morgan fingerprint density at radius 3 is 2.40 bits per heavy atom. The van der Waals surface area contributed by atoms with Crippen molar-refractivity contribution in [1.29, 1.82) is 0 Å². The molecule has 1 aromatic carbocycles. The van der Waals surface area contributed by atoms with E-state index in [4.69, 9.17) is 0 Å². The molecule has 1 amide bonds. The normalized spacial score (nSPS) is 16.2. The lowest BCUT2D eigenvalue weighted by Crippen LogP contribution is -2.44. The second kappa shape index (κ2) is 7.40. The first-order chi connectivity index (χ1) is 11.9. The number of hydrogen-bond donors (Lipinski definition) is 0. The van der Waals surface area contributed by atoms with Gasteiger partial charge in [0.15, 0.2) is 0 Å². The average molecular weight is 340 g/mol. The van der Waals surface area contributed by atoms with Gasteiger partial charge in [0.1, 0.15) is 0 Å². The Morgan fingerprint density at radius 2 is 1.84 bits per heavy atom. The quantitative estimate of drug-likeness (QED) is 0.859. The smallest absolute Gasteiger partial charge is 0.253 e. The third-order valence-electron chi connectivity index (χ3n) is 5.19. The van der Waals surface area contributed by atoms with Gasteiger partial charge in [0.05, 0.1) is 12.2 Å². The van der Waals surface area contributed by atoms with Crippen molar-refractivity contribution in [2.45, 2.75) is 39.3 Å². The van der Waals surface area contributed by atoms with Crippen LogP contribution in [0.3, 0.4) is 0 Å². The number of hydrogen-bond acceptors (Lipinski definition) is 3. The van der Waals surface area contributed by atoms with E-state index in [9.17, 15) is 4.79 Å². The summed E-state index contributed by atoms with van der Waals surface area (Å²) >= 11 is 0. The molecule has 0 bridgehead atoms. The lowest BCUT2D eigenvalue weighted by Gasteiger charge is -2.35. The van der Waals surface area contributed by atoms with Gasteiger partial charge in [-0.25, -0.2) is 0 Å². The number of benzene rings is 1. The van der Waals surface area contributed by atoms with Crippen LogP contribution in [0.4, 0.5) is 0 Å². The van der Waals surface area contributed by atoms with Gasteiger partial charge in [-0.05, 0) is 70.6 Å². The Balaban J connectivity index is 1.65. The van der Waals surface area contributed by atoms with Crippen LogP contribution in [0, 0.1) is 13.8 Å². The van der Waals surface area contributed by atoms with Gasteiger partial charge >= 0.3 is 0 Å². The van der Waals surface area contributed by atoms with Crippen molar-refractivity contribution in [3.8, 4) is 0 Å². The molecule has 5 heteroatoms. The maximum Gasteiger partial charge on any atom is 0.253 e. The number of carbonyl (C=O) groups is 1. The first kappa shape index (κ1) is 17.7. The van der Waals surface area contributed by atoms with Crippen LogP contribution in [0.2, 0.25) is 0 Å². The van der Waals surface area contributed by atoms with E-state index in [0.29, 0.717) is 6.04 Å². The Bertz CT molecular complexity index is 727. The lowest BCUT2D eigenvalue weighted by atomic mass is 10.0. The molecule has 3 rings (SSSR count). The molecule has 0 unspecified atom stereocenters. The highest BCUT2D eigenvalue weighted by Gasteiger charge is 2.24. The van der Waals surface area contributed by atoms with Crippen LogP contribution in [-0.4, -0.2) is 58.7 Å². The Hall–Kier alpha value is -2.14. The van der Waals surface area contributed by atoms with E-state index in [1.807, 2.05) is 47.8 Å². The highest BCUT2D eigenvalue weighted by atomic mass is 16.2. The third kappa shape index (κ3) is 4.10. The molecule has 1 saturated heterocycles. The fraction of sp³-hybridized carbons (Fsp3) is 0.500. The number of piperidine rings is 1. The van der Waals surface area contributed by atoms with Gasteiger partial charge in [-0.2, -0.15) is 5.10 Å². The molecule has 1 aromatic heterocycles. The van der Waals surface area contributed by atoms with Crippen LogP contribution in [0.25, 0.3) is 0 Å². The molecule has 1 fully saturated rings. The first-order valence-electron chi connectivity index (χ1n) is 9.00. The molecular weight excluding hydrogens is 312 g/mol.